The zero-order valence-corrected chi connectivity index (χ0v) is 8.38. The van der Waals surface area contributed by atoms with E-state index in [4.69, 9.17) is 10.8 Å². The van der Waals surface area contributed by atoms with E-state index in [1.807, 2.05) is 0 Å². The van der Waals surface area contributed by atoms with Gasteiger partial charge in [0.05, 0.1) is 5.56 Å². The summed E-state index contributed by atoms with van der Waals surface area (Å²) in [6.45, 7) is 1.22. The largest absolute Gasteiger partial charge is 0.480 e. The van der Waals surface area contributed by atoms with Crippen molar-refractivity contribution in [1.29, 1.82) is 0 Å². The summed E-state index contributed by atoms with van der Waals surface area (Å²) in [5.41, 5.74) is 3.05. The number of rotatable bonds is 2. The van der Waals surface area contributed by atoms with Crippen molar-refractivity contribution in [3.05, 3.63) is 35.4 Å². The van der Waals surface area contributed by atoms with Gasteiger partial charge in [-0.15, -0.1) is 0 Å². The second-order valence-electron chi connectivity index (χ2n) is 3.58. The first-order valence-electron chi connectivity index (χ1n) is 4.35. The van der Waals surface area contributed by atoms with E-state index in [2.05, 4.69) is 0 Å². The number of carbonyl (C=O) groups is 1. The van der Waals surface area contributed by atoms with Gasteiger partial charge in [-0.05, 0) is 24.6 Å². The van der Waals surface area contributed by atoms with E-state index in [0.717, 1.165) is 24.3 Å². The van der Waals surface area contributed by atoms with E-state index in [-0.39, 0.29) is 5.56 Å². The molecule has 0 heterocycles. The van der Waals surface area contributed by atoms with Gasteiger partial charge in [0.25, 0.3) is 0 Å². The third kappa shape index (κ3) is 2.33. The second kappa shape index (κ2) is 3.79. The molecule has 0 amide bonds. The van der Waals surface area contributed by atoms with Gasteiger partial charge < -0.3 is 10.8 Å². The van der Waals surface area contributed by atoms with Gasteiger partial charge in [0.1, 0.15) is 5.54 Å². The Morgan fingerprint density at radius 3 is 1.88 bits per heavy atom. The van der Waals surface area contributed by atoms with Crippen molar-refractivity contribution >= 4 is 5.97 Å². The molecule has 1 atom stereocenters. The highest BCUT2D eigenvalue weighted by molar-refractivity contribution is 5.79. The number of hydrogen-bond acceptors (Lipinski definition) is 2. The summed E-state index contributed by atoms with van der Waals surface area (Å²) in [6, 6.07) is 3.75. The molecule has 0 bridgehead atoms. The minimum Gasteiger partial charge on any atom is -0.480 e. The Balaban J connectivity index is 3.09. The maximum absolute atomic E-state index is 12.2. The van der Waals surface area contributed by atoms with Gasteiger partial charge in [0, 0.05) is 0 Å². The number of halogens is 3. The summed E-state index contributed by atoms with van der Waals surface area (Å²) in [5.74, 6) is -1.30. The first-order valence-corrected chi connectivity index (χ1v) is 4.35. The van der Waals surface area contributed by atoms with Crippen molar-refractivity contribution in [2.24, 2.45) is 5.73 Å². The molecule has 1 rings (SSSR count). The van der Waals surface area contributed by atoms with Crippen molar-refractivity contribution in [3.8, 4) is 0 Å². The van der Waals surface area contributed by atoms with E-state index < -0.39 is 23.2 Å². The van der Waals surface area contributed by atoms with Crippen molar-refractivity contribution in [1.82, 2.24) is 0 Å². The third-order valence-corrected chi connectivity index (χ3v) is 2.26. The molecule has 3 N–H and O–H groups in total. The molecule has 0 spiro atoms. The SMILES string of the molecule is C[C@@](N)(C(=O)O)c1ccc(C(F)(F)F)cc1. The Morgan fingerprint density at radius 2 is 1.56 bits per heavy atom. The summed E-state index contributed by atoms with van der Waals surface area (Å²) in [7, 11) is 0. The number of aliphatic carboxylic acids is 1. The molecule has 3 nitrogen and oxygen atoms in total. The molecular weight excluding hydrogens is 223 g/mol. The monoisotopic (exact) mass is 233 g/mol. The minimum atomic E-state index is -4.44. The third-order valence-electron chi connectivity index (χ3n) is 2.26. The summed E-state index contributed by atoms with van der Waals surface area (Å²) < 4.78 is 36.7. The highest BCUT2D eigenvalue weighted by Gasteiger charge is 2.33. The van der Waals surface area contributed by atoms with Crippen molar-refractivity contribution in [3.63, 3.8) is 0 Å². The van der Waals surface area contributed by atoms with Crippen LogP contribution in [0.3, 0.4) is 0 Å². The maximum atomic E-state index is 12.2. The molecule has 0 aliphatic heterocycles. The van der Waals surface area contributed by atoms with Gasteiger partial charge in [-0.1, -0.05) is 12.1 Å². The van der Waals surface area contributed by atoms with Crippen LogP contribution in [0.5, 0.6) is 0 Å². The Hall–Kier alpha value is -1.56. The summed E-state index contributed by atoms with van der Waals surface area (Å²) in [6.07, 6.45) is -4.44. The first kappa shape index (κ1) is 12.5. The molecule has 16 heavy (non-hydrogen) atoms. The van der Waals surface area contributed by atoms with E-state index in [1.54, 1.807) is 0 Å². The summed E-state index contributed by atoms with van der Waals surface area (Å²) >= 11 is 0. The molecule has 0 saturated carbocycles. The van der Waals surface area contributed by atoms with E-state index in [9.17, 15) is 18.0 Å². The molecule has 0 aliphatic carbocycles. The second-order valence-corrected chi connectivity index (χ2v) is 3.58. The van der Waals surface area contributed by atoms with E-state index in [0.29, 0.717) is 0 Å². The fourth-order valence-corrected chi connectivity index (χ4v) is 1.13. The van der Waals surface area contributed by atoms with Gasteiger partial charge in [0.2, 0.25) is 0 Å². The first-order chi connectivity index (χ1) is 7.15. The fraction of sp³-hybridized carbons (Fsp3) is 0.300. The molecular formula is C10H10F3NO2. The molecule has 0 radical (unpaired) electrons. The normalized spacial score (nSPS) is 15.6. The number of carboxylic acids is 1. The van der Waals surface area contributed by atoms with Crippen LogP contribution in [0.2, 0.25) is 0 Å². The highest BCUT2D eigenvalue weighted by atomic mass is 19.4. The molecule has 0 unspecified atom stereocenters. The lowest BCUT2D eigenvalue weighted by atomic mass is 9.92. The standard InChI is InChI=1S/C10H10F3NO2/c1-9(14,8(15)16)6-2-4-7(5-3-6)10(11,12)13/h2-5H,14H2,1H3,(H,15,16)/t9-/m0/s1. The van der Waals surface area contributed by atoms with Crippen LogP contribution in [-0.2, 0) is 16.5 Å². The quantitative estimate of drug-likeness (QED) is 0.820. The summed E-state index contributed by atoms with van der Waals surface area (Å²) in [4.78, 5) is 10.8. The molecule has 0 aliphatic rings. The van der Waals surface area contributed by atoms with Gasteiger partial charge in [-0.2, -0.15) is 13.2 Å². The molecule has 1 aromatic rings. The van der Waals surface area contributed by atoms with Crippen molar-refractivity contribution < 1.29 is 23.1 Å². The van der Waals surface area contributed by atoms with Gasteiger partial charge in [-0.25, -0.2) is 4.79 Å². The number of benzene rings is 1. The number of hydrogen-bond donors (Lipinski definition) is 2. The number of nitrogens with two attached hydrogens (primary N) is 1. The van der Waals surface area contributed by atoms with Crippen LogP contribution in [0.1, 0.15) is 18.1 Å². The molecule has 6 heteroatoms. The van der Waals surface area contributed by atoms with Crippen LogP contribution in [0.15, 0.2) is 24.3 Å². The topological polar surface area (TPSA) is 63.3 Å². The van der Waals surface area contributed by atoms with Crippen LogP contribution >= 0.6 is 0 Å². The van der Waals surface area contributed by atoms with Crippen molar-refractivity contribution in [2.75, 3.05) is 0 Å². The average molecular weight is 233 g/mol. The Labute approximate surface area is 89.7 Å². The molecule has 88 valence electrons. The average Bonchev–Trinajstić information content (AvgIpc) is 2.16. The molecule has 0 saturated heterocycles. The zero-order valence-electron chi connectivity index (χ0n) is 8.38. The maximum Gasteiger partial charge on any atom is 0.416 e. The van der Waals surface area contributed by atoms with E-state index in [1.165, 1.54) is 6.92 Å². The molecule has 0 fully saturated rings. The van der Waals surface area contributed by atoms with Crippen LogP contribution in [0, 0.1) is 0 Å². The molecule has 1 aromatic carbocycles. The van der Waals surface area contributed by atoms with Gasteiger partial charge in [-0.3, -0.25) is 0 Å². The predicted octanol–water partition coefficient (Wildman–Crippen LogP) is 1.96. The van der Waals surface area contributed by atoms with E-state index >= 15 is 0 Å². The highest BCUT2D eigenvalue weighted by Crippen LogP contribution is 2.30. The number of alkyl halides is 3. The smallest absolute Gasteiger partial charge is 0.416 e. The predicted molar refractivity (Wildman–Crippen MR) is 50.6 cm³/mol. The van der Waals surface area contributed by atoms with Crippen LogP contribution in [-0.4, -0.2) is 11.1 Å². The van der Waals surface area contributed by atoms with Gasteiger partial charge >= 0.3 is 12.1 Å². The lowest BCUT2D eigenvalue weighted by Crippen LogP contribution is -2.41. The Kier molecular flexibility index (Phi) is 2.96. The van der Waals surface area contributed by atoms with Crippen molar-refractivity contribution in [2.45, 2.75) is 18.6 Å². The Morgan fingerprint density at radius 1 is 1.19 bits per heavy atom. The Bertz CT molecular complexity index is 396. The lowest BCUT2D eigenvalue weighted by Gasteiger charge is -2.20. The molecule has 0 aromatic heterocycles. The van der Waals surface area contributed by atoms with Crippen LogP contribution in [0.4, 0.5) is 13.2 Å². The minimum absolute atomic E-state index is 0.119. The number of carboxylic acid groups (broad SMARTS) is 1. The van der Waals surface area contributed by atoms with Gasteiger partial charge in [0.15, 0.2) is 0 Å². The summed E-state index contributed by atoms with van der Waals surface area (Å²) in [5, 5.41) is 8.78. The zero-order chi connectivity index (χ0) is 12.6. The lowest BCUT2D eigenvalue weighted by molar-refractivity contribution is -0.143. The van der Waals surface area contributed by atoms with Crippen LogP contribution in [0.25, 0.3) is 0 Å². The fourth-order valence-electron chi connectivity index (χ4n) is 1.13. The van der Waals surface area contributed by atoms with Crippen LogP contribution < -0.4 is 5.73 Å².